The predicted octanol–water partition coefficient (Wildman–Crippen LogP) is 0.805. The van der Waals surface area contributed by atoms with Gasteiger partial charge in [-0.3, -0.25) is 9.59 Å². The Morgan fingerprint density at radius 2 is 1.95 bits per heavy atom. The Hall–Kier alpha value is -1.80. The third-order valence-corrected chi connectivity index (χ3v) is 6.49. The Kier molecular flexibility index (Phi) is 3.05. The first kappa shape index (κ1) is 13.8. The number of ether oxygens (including phenoxy) is 1. The molecule has 0 aliphatic carbocycles. The third kappa shape index (κ3) is 1.90. The lowest BCUT2D eigenvalue weighted by Gasteiger charge is -2.42. The highest BCUT2D eigenvalue weighted by atomic mass is 32.2. The van der Waals surface area contributed by atoms with Crippen molar-refractivity contribution in [2.24, 2.45) is 10.9 Å². The molecule has 1 saturated heterocycles. The largest absolute Gasteiger partial charge is 0.549 e. The van der Waals surface area contributed by atoms with E-state index in [1.165, 1.54) is 0 Å². The van der Waals surface area contributed by atoms with Crippen LogP contribution in [0.4, 0.5) is 4.79 Å². The first-order valence-corrected chi connectivity index (χ1v) is 8.29. The van der Waals surface area contributed by atoms with E-state index in [1.807, 2.05) is 0 Å². The molecule has 0 saturated carbocycles. The van der Waals surface area contributed by atoms with Crippen LogP contribution in [0.15, 0.2) is 29.3 Å². The number of aliphatic carboxylic acids is 1. The molecule has 3 aliphatic heterocycles. The van der Waals surface area contributed by atoms with Crippen molar-refractivity contribution >= 4 is 45.7 Å². The molecule has 0 bridgehead atoms. The maximum Gasteiger partial charge on any atom is 0.316 e. The number of thioether (sulfide) groups is 2. The Morgan fingerprint density at radius 3 is 2.73 bits per heavy atom. The maximum atomic E-state index is 12.3. The molecule has 1 aromatic carbocycles. The van der Waals surface area contributed by atoms with Gasteiger partial charge >= 0.3 is 11.2 Å². The second-order valence-electron chi connectivity index (χ2n) is 5.12. The number of nitrogens with zero attached hydrogens (tertiary/aromatic N) is 1. The molecule has 8 heteroatoms. The van der Waals surface area contributed by atoms with Gasteiger partial charge in [0.05, 0.1) is 27.4 Å². The number of para-hydroxylation sites is 1. The van der Waals surface area contributed by atoms with Gasteiger partial charge in [-0.1, -0.05) is 41.7 Å². The van der Waals surface area contributed by atoms with E-state index < -0.39 is 29.0 Å². The summed E-state index contributed by atoms with van der Waals surface area (Å²) < 4.78 is 5.28. The van der Waals surface area contributed by atoms with Crippen molar-refractivity contribution in [2.75, 3.05) is 0 Å². The van der Waals surface area contributed by atoms with Crippen LogP contribution in [-0.4, -0.2) is 32.7 Å². The summed E-state index contributed by atoms with van der Waals surface area (Å²) in [7, 11) is 0. The van der Waals surface area contributed by atoms with E-state index in [4.69, 9.17) is 4.74 Å². The molecule has 0 N–H and O–H groups in total. The number of hydrogen-bond acceptors (Lipinski definition) is 7. The molecular weight excluding hydrogens is 326 g/mol. The van der Waals surface area contributed by atoms with Crippen molar-refractivity contribution in [1.29, 1.82) is 0 Å². The smallest absolute Gasteiger partial charge is 0.316 e. The molecule has 112 valence electrons. The normalized spacial score (nSPS) is 32.5. The second-order valence-corrected chi connectivity index (χ2v) is 7.38. The minimum atomic E-state index is -1.35. The summed E-state index contributed by atoms with van der Waals surface area (Å²) in [6.45, 7) is 0. The fourth-order valence-corrected chi connectivity index (χ4v) is 5.64. The van der Waals surface area contributed by atoms with Crippen molar-refractivity contribution in [2.45, 2.75) is 16.4 Å². The minimum absolute atomic E-state index is 0.341. The van der Waals surface area contributed by atoms with Gasteiger partial charge in [-0.15, -0.1) is 0 Å². The van der Waals surface area contributed by atoms with Crippen LogP contribution < -0.4 is 9.84 Å². The van der Waals surface area contributed by atoms with Crippen LogP contribution in [0.2, 0.25) is 0 Å². The molecule has 6 nitrogen and oxygen atoms in total. The van der Waals surface area contributed by atoms with Crippen molar-refractivity contribution in [3.8, 4) is 5.75 Å². The minimum Gasteiger partial charge on any atom is -0.549 e. The molecule has 4 unspecified atom stereocenters. The van der Waals surface area contributed by atoms with Crippen LogP contribution in [-0.2, 0) is 9.59 Å². The third-order valence-electron chi connectivity index (χ3n) is 3.95. The monoisotopic (exact) mass is 334 g/mol. The van der Waals surface area contributed by atoms with Gasteiger partial charge in [-0.25, -0.2) is 4.99 Å². The molecule has 0 aromatic heterocycles. The fourth-order valence-electron chi connectivity index (χ4n) is 3.09. The van der Waals surface area contributed by atoms with Crippen molar-refractivity contribution < 1.29 is 24.2 Å². The van der Waals surface area contributed by atoms with Gasteiger partial charge < -0.3 is 14.6 Å². The van der Waals surface area contributed by atoms with Gasteiger partial charge in [0.1, 0.15) is 5.75 Å². The summed E-state index contributed by atoms with van der Waals surface area (Å²) in [6.07, 6.45) is 0. The summed E-state index contributed by atoms with van der Waals surface area (Å²) in [4.78, 5) is 39.3. The van der Waals surface area contributed by atoms with Gasteiger partial charge in [0.25, 0.3) is 0 Å². The van der Waals surface area contributed by atoms with Gasteiger partial charge in [0.15, 0.2) is 0 Å². The zero-order valence-electron chi connectivity index (χ0n) is 10.9. The number of carbonyl (C=O) groups is 3. The van der Waals surface area contributed by atoms with E-state index in [1.54, 1.807) is 24.3 Å². The van der Waals surface area contributed by atoms with E-state index in [0.717, 1.165) is 29.1 Å². The molecule has 4 rings (SSSR count). The number of rotatable bonds is 1. The Labute approximate surface area is 133 Å². The van der Waals surface area contributed by atoms with Crippen LogP contribution in [0.25, 0.3) is 0 Å². The van der Waals surface area contributed by atoms with E-state index >= 15 is 0 Å². The molecule has 1 fully saturated rings. The van der Waals surface area contributed by atoms with Gasteiger partial charge in [-0.05, 0) is 6.07 Å². The van der Waals surface area contributed by atoms with Gasteiger partial charge in [0, 0.05) is 11.5 Å². The topological polar surface area (TPSA) is 95.9 Å². The molecule has 4 atom stereocenters. The lowest BCUT2D eigenvalue weighted by atomic mass is 9.78. The average molecular weight is 334 g/mol. The highest BCUT2D eigenvalue weighted by Crippen LogP contribution is 2.54. The SMILES string of the molecule is O=C1N=C2SC(C(=O)[O-])C3C(=O)Oc4ccccc4C3C2S1. The van der Waals surface area contributed by atoms with Crippen LogP contribution in [0.3, 0.4) is 0 Å². The highest BCUT2D eigenvalue weighted by molar-refractivity contribution is 8.22. The van der Waals surface area contributed by atoms with Crippen molar-refractivity contribution in [3.05, 3.63) is 29.8 Å². The van der Waals surface area contributed by atoms with E-state index in [-0.39, 0.29) is 10.5 Å². The Bertz CT molecular complexity index is 747. The number of hydrogen-bond donors (Lipinski definition) is 0. The van der Waals surface area contributed by atoms with E-state index in [0.29, 0.717) is 10.8 Å². The highest BCUT2D eigenvalue weighted by Gasteiger charge is 2.54. The van der Waals surface area contributed by atoms with Gasteiger partial charge in [0.2, 0.25) is 0 Å². The molecule has 0 spiro atoms. The van der Waals surface area contributed by atoms with Crippen molar-refractivity contribution in [3.63, 3.8) is 0 Å². The van der Waals surface area contributed by atoms with E-state index in [2.05, 4.69) is 4.99 Å². The summed E-state index contributed by atoms with van der Waals surface area (Å²) in [5.41, 5.74) is 0.735. The predicted molar refractivity (Wildman–Crippen MR) is 78.9 cm³/mol. The number of fused-ring (bicyclic) bond motifs is 5. The Balaban J connectivity index is 1.89. The summed E-state index contributed by atoms with van der Waals surface area (Å²) in [6, 6.07) is 6.99. The zero-order chi connectivity index (χ0) is 15.4. The standard InChI is InChI=1S/C14H9NO5S2/c16-12(17)10-8-7(9-11(21-10)15-14(19)22-9)5-3-1-2-4-6(5)20-13(8)18/h1-4,7-10H,(H,16,17)/p-1. The summed E-state index contributed by atoms with van der Waals surface area (Å²) >= 11 is 1.95. The van der Waals surface area contributed by atoms with Crippen molar-refractivity contribution in [1.82, 2.24) is 0 Å². The van der Waals surface area contributed by atoms with Crippen LogP contribution in [0, 0.1) is 5.92 Å². The fraction of sp³-hybridized carbons (Fsp3) is 0.286. The second kappa shape index (κ2) is 4.85. The molecule has 3 aliphatic rings. The maximum absolute atomic E-state index is 12.3. The number of carboxylic acid groups (broad SMARTS) is 1. The first-order valence-electron chi connectivity index (χ1n) is 6.53. The van der Waals surface area contributed by atoms with Crippen LogP contribution in [0.5, 0.6) is 5.75 Å². The average Bonchev–Trinajstić information content (AvgIpc) is 2.86. The first-order chi connectivity index (χ1) is 10.6. The molecule has 1 aromatic rings. The molecule has 1 amide bonds. The van der Waals surface area contributed by atoms with Crippen LogP contribution in [0.1, 0.15) is 11.5 Å². The number of carboxylic acids is 1. The summed E-state index contributed by atoms with van der Waals surface area (Å²) in [5.74, 6) is -2.85. The lowest BCUT2D eigenvalue weighted by Crippen LogP contribution is -2.53. The number of esters is 1. The van der Waals surface area contributed by atoms with Crippen LogP contribution >= 0.6 is 23.5 Å². The van der Waals surface area contributed by atoms with Gasteiger partial charge in [-0.2, -0.15) is 0 Å². The molecule has 22 heavy (non-hydrogen) atoms. The quantitative estimate of drug-likeness (QED) is 0.554. The number of carbonyl (C=O) groups excluding carboxylic acids is 3. The number of benzene rings is 1. The lowest BCUT2D eigenvalue weighted by molar-refractivity contribution is -0.306. The molecular formula is C14H8NO5S2-. The molecule has 3 heterocycles. The summed E-state index contributed by atoms with van der Waals surface area (Å²) in [5, 5.41) is 10.1. The molecule has 0 radical (unpaired) electrons. The number of aliphatic imine (C=N–C) groups is 1. The number of amides is 1. The zero-order valence-corrected chi connectivity index (χ0v) is 12.6. The van der Waals surface area contributed by atoms with E-state index in [9.17, 15) is 19.5 Å². The Morgan fingerprint density at radius 1 is 1.18 bits per heavy atom.